The third kappa shape index (κ3) is 4.21. The fourth-order valence-corrected chi connectivity index (χ4v) is 2.57. The van der Waals surface area contributed by atoms with E-state index in [1.54, 1.807) is 12.1 Å². The number of benzene rings is 1. The summed E-state index contributed by atoms with van der Waals surface area (Å²) in [7, 11) is 3.85. The lowest BCUT2D eigenvalue weighted by atomic mass is 10.0. The standard InChI is InChI=1S/C16H23N3O3/c1-19(2)13-7-5-12(6-8-13)18-15(21)14(20)17-11-16(22)9-3-4-10-16/h5-8,22H,3-4,9-11H2,1-2H3,(H,17,20)(H,18,21). The zero-order chi connectivity index (χ0) is 16.2. The minimum atomic E-state index is -0.858. The summed E-state index contributed by atoms with van der Waals surface area (Å²) in [4.78, 5) is 25.5. The zero-order valence-electron chi connectivity index (χ0n) is 13.1. The van der Waals surface area contributed by atoms with Crippen molar-refractivity contribution in [2.45, 2.75) is 31.3 Å². The second-order valence-corrected chi connectivity index (χ2v) is 6.01. The van der Waals surface area contributed by atoms with Crippen LogP contribution in [0.1, 0.15) is 25.7 Å². The molecule has 1 fully saturated rings. The van der Waals surface area contributed by atoms with E-state index >= 15 is 0 Å². The Kier molecular flexibility index (Phi) is 5.03. The normalized spacial score (nSPS) is 16.1. The molecule has 0 heterocycles. The molecule has 1 saturated carbocycles. The van der Waals surface area contributed by atoms with Crippen molar-refractivity contribution in [1.29, 1.82) is 0 Å². The maximum absolute atomic E-state index is 11.8. The van der Waals surface area contributed by atoms with E-state index in [0.717, 1.165) is 18.5 Å². The predicted octanol–water partition coefficient (Wildman–Crippen LogP) is 1.11. The van der Waals surface area contributed by atoms with Gasteiger partial charge in [0, 0.05) is 32.0 Å². The van der Waals surface area contributed by atoms with Gasteiger partial charge in [0.25, 0.3) is 0 Å². The van der Waals surface area contributed by atoms with E-state index in [-0.39, 0.29) is 6.54 Å². The van der Waals surface area contributed by atoms with Crippen LogP contribution in [-0.2, 0) is 9.59 Å². The number of aliphatic hydroxyl groups is 1. The second kappa shape index (κ2) is 6.79. The smallest absolute Gasteiger partial charge is 0.313 e. The molecular weight excluding hydrogens is 282 g/mol. The van der Waals surface area contributed by atoms with Gasteiger partial charge in [-0.2, -0.15) is 0 Å². The Hall–Kier alpha value is -2.08. The highest BCUT2D eigenvalue weighted by Crippen LogP contribution is 2.28. The first-order valence-corrected chi connectivity index (χ1v) is 7.49. The van der Waals surface area contributed by atoms with E-state index in [0.29, 0.717) is 18.5 Å². The Morgan fingerprint density at radius 2 is 1.73 bits per heavy atom. The number of rotatable bonds is 4. The number of carbonyl (C=O) groups excluding carboxylic acids is 2. The zero-order valence-corrected chi connectivity index (χ0v) is 13.1. The third-order valence-corrected chi connectivity index (χ3v) is 3.96. The summed E-state index contributed by atoms with van der Waals surface area (Å²) in [6, 6.07) is 7.19. The molecule has 2 amide bonds. The van der Waals surface area contributed by atoms with Gasteiger partial charge in [0.1, 0.15) is 0 Å². The van der Waals surface area contributed by atoms with E-state index < -0.39 is 17.4 Å². The van der Waals surface area contributed by atoms with Gasteiger partial charge in [-0.05, 0) is 37.1 Å². The van der Waals surface area contributed by atoms with Crippen LogP contribution < -0.4 is 15.5 Å². The molecule has 0 aromatic heterocycles. The van der Waals surface area contributed by atoms with Gasteiger partial charge in [0.05, 0.1) is 5.60 Å². The van der Waals surface area contributed by atoms with E-state index in [4.69, 9.17) is 0 Å². The highest BCUT2D eigenvalue weighted by molar-refractivity contribution is 6.39. The average molecular weight is 305 g/mol. The van der Waals surface area contributed by atoms with E-state index in [1.807, 2.05) is 31.1 Å². The van der Waals surface area contributed by atoms with Gasteiger partial charge in [-0.1, -0.05) is 12.8 Å². The summed E-state index contributed by atoms with van der Waals surface area (Å²) in [6.07, 6.45) is 3.25. The summed E-state index contributed by atoms with van der Waals surface area (Å²) < 4.78 is 0. The van der Waals surface area contributed by atoms with Crippen molar-refractivity contribution in [3.8, 4) is 0 Å². The lowest BCUT2D eigenvalue weighted by Gasteiger charge is -2.22. The van der Waals surface area contributed by atoms with Crippen LogP contribution in [0.4, 0.5) is 11.4 Å². The number of amides is 2. The highest BCUT2D eigenvalue weighted by Gasteiger charge is 2.32. The second-order valence-electron chi connectivity index (χ2n) is 6.01. The van der Waals surface area contributed by atoms with E-state index in [9.17, 15) is 14.7 Å². The Labute approximate surface area is 130 Å². The van der Waals surface area contributed by atoms with Gasteiger partial charge in [-0.3, -0.25) is 9.59 Å². The Morgan fingerprint density at radius 3 is 2.27 bits per heavy atom. The average Bonchev–Trinajstić information content (AvgIpc) is 2.92. The maximum atomic E-state index is 11.8. The van der Waals surface area contributed by atoms with E-state index in [1.165, 1.54) is 0 Å². The molecule has 0 unspecified atom stereocenters. The van der Waals surface area contributed by atoms with Gasteiger partial charge < -0.3 is 20.6 Å². The molecule has 22 heavy (non-hydrogen) atoms. The number of carbonyl (C=O) groups is 2. The Morgan fingerprint density at radius 1 is 1.14 bits per heavy atom. The molecule has 0 atom stereocenters. The number of hydrogen-bond donors (Lipinski definition) is 3. The Bertz CT molecular complexity index is 534. The molecule has 0 spiro atoms. The van der Waals surface area contributed by atoms with Crippen molar-refractivity contribution in [2.75, 3.05) is 30.9 Å². The van der Waals surface area contributed by atoms with Crippen molar-refractivity contribution in [3.05, 3.63) is 24.3 Å². The van der Waals surface area contributed by atoms with Crippen LogP contribution in [0.25, 0.3) is 0 Å². The molecule has 1 aromatic carbocycles. The third-order valence-electron chi connectivity index (χ3n) is 3.96. The molecule has 120 valence electrons. The van der Waals surface area contributed by atoms with Crippen LogP contribution in [0.15, 0.2) is 24.3 Å². The number of hydrogen-bond acceptors (Lipinski definition) is 4. The van der Waals surface area contributed by atoms with Crippen LogP contribution in [0.5, 0.6) is 0 Å². The van der Waals surface area contributed by atoms with Crippen molar-refractivity contribution >= 4 is 23.2 Å². The SMILES string of the molecule is CN(C)c1ccc(NC(=O)C(=O)NCC2(O)CCCC2)cc1. The number of nitrogens with zero attached hydrogens (tertiary/aromatic N) is 1. The number of nitrogens with one attached hydrogen (secondary N) is 2. The molecule has 0 saturated heterocycles. The predicted molar refractivity (Wildman–Crippen MR) is 85.8 cm³/mol. The molecular formula is C16H23N3O3. The summed E-state index contributed by atoms with van der Waals surface area (Å²) in [6.45, 7) is 0.124. The number of anilines is 2. The molecule has 0 aliphatic heterocycles. The molecule has 6 heteroatoms. The van der Waals surface area contributed by atoms with Crippen LogP contribution in [0.2, 0.25) is 0 Å². The minimum absolute atomic E-state index is 0.124. The van der Waals surface area contributed by atoms with Crippen molar-refractivity contribution in [2.24, 2.45) is 0 Å². The molecule has 2 rings (SSSR count). The van der Waals surface area contributed by atoms with Gasteiger partial charge in [-0.15, -0.1) is 0 Å². The highest BCUT2D eigenvalue weighted by atomic mass is 16.3. The molecule has 1 aliphatic carbocycles. The first-order chi connectivity index (χ1) is 10.4. The van der Waals surface area contributed by atoms with Gasteiger partial charge in [0.2, 0.25) is 0 Å². The minimum Gasteiger partial charge on any atom is -0.388 e. The molecule has 1 aliphatic rings. The summed E-state index contributed by atoms with van der Waals surface area (Å²) >= 11 is 0. The van der Waals surface area contributed by atoms with Crippen molar-refractivity contribution in [1.82, 2.24) is 5.32 Å². The molecule has 3 N–H and O–H groups in total. The molecule has 0 radical (unpaired) electrons. The lowest BCUT2D eigenvalue weighted by molar-refractivity contribution is -0.136. The van der Waals surface area contributed by atoms with Gasteiger partial charge in [0.15, 0.2) is 0 Å². The van der Waals surface area contributed by atoms with Crippen LogP contribution >= 0.6 is 0 Å². The summed E-state index contributed by atoms with van der Waals surface area (Å²) in [5.74, 6) is -1.45. The summed E-state index contributed by atoms with van der Waals surface area (Å²) in [5.41, 5.74) is 0.708. The lowest BCUT2D eigenvalue weighted by Crippen LogP contribution is -2.44. The summed E-state index contributed by atoms with van der Waals surface area (Å²) in [5, 5.41) is 15.2. The quantitative estimate of drug-likeness (QED) is 0.728. The van der Waals surface area contributed by atoms with Gasteiger partial charge in [-0.25, -0.2) is 0 Å². The fourth-order valence-electron chi connectivity index (χ4n) is 2.57. The monoisotopic (exact) mass is 305 g/mol. The largest absolute Gasteiger partial charge is 0.388 e. The fraction of sp³-hybridized carbons (Fsp3) is 0.500. The van der Waals surface area contributed by atoms with Crippen molar-refractivity contribution < 1.29 is 14.7 Å². The molecule has 1 aromatic rings. The first kappa shape index (κ1) is 16.3. The van der Waals surface area contributed by atoms with E-state index in [2.05, 4.69) is 10.6 Å². The maximum Gasteiger partial charge on any atom is 0.313 e. The first-order valence-electron chi connectivity index (χ1n) is 7.49. The topological polar surface area (TPSA) is 81.7 Å². The molecule has 6 nitrogen and oxygen atoms in total. The van der Waals surface area contributed by atoms with Crippen LogP contribution in [0.3, 0.4) is 0 Å². The van der Waals surface area contributed by atoms with Crippen LogP contribution in [0, 0.1) is 0 Å². The molecule has 0 bridgehead atoms. The van der Waals surface area contributed by atoms with Crippen LogP contribution in [-0.4, -0.2) is 43.2 Å². The Balaban J connectivity index is 1.84. The van der Waals surface area contributed by atoms with Gasteiger partial charge >= 0.3 is 11.8 Å². The van der Waals surface area contributed by atoms with Crippen molar-refractivity contribution in [3.63, 3.8) is 0 Å².